The standard InChI is InChI=1S/C22H23ClN2O5/c23-16-12-19-20(30-10-2-9-29-19)13-18(16)25-21(26)3-1-8-28-15-5-6-17-14(11-15)4-7-22(27)24-17/h5-6,11-13H,1-4,7-10H2,(H,24,27)(H,25,26). The van der Waals surface area contributed by atoms with E-state index >= 15 is 0 Å². The molecule has 2 aromatic rings. The van der Waals surface area contributed by atoms with Gasteiger partial charge in [0.25, 0.3) is 0 Å². The second-order valence-electron chi connectivity index (χ2n) is 7.20. The zero-order valence-corrected chi connectivity index (χ0v) is 17.2. The SMILES string of the molecule is O=C(CCCOc1ccc2c(c1)CCC(=O)N2)Nc1cc2c(cc1Cl)OCCCO2. The largest absolute Gasteiger partial charge is 0.494 e. The fraction of sp³-hybridized carbons (Fsp3) is 0.364. The molecular weight excluding hydrogens is 408 g/mol. The molecule has 0 fully saturated rings. The first-order chi connectivity index (χ1) is 14.6. The Kier molecular flexibility index (Phi) is 6.28. The summed E-state index contributed by atoms with van der Waals surface area (Å²) in [6.07, 6.45) is 2.84. The Morgan fingerprint density at radius 1 is 1.13 bits per heavy atom. The van der Waals surface area contributed by atoms with Crippen LogP contribution in [0.1, 0.15) is 31.2 Å². The van der Waals surface area contributed by atoms with Gasteiger partial charge in [0.15, 0.2) is 11.5 Å². The van der Waals surface area contributed by atoms with Gasteiger partial charge in [0.1, 0.15) is 5.75 Å². The monoisotopic (exact) mass is 430 g/mol. The van der Waals surface area contributed by atoms with Crippen molar-refractivity contribution < 1.29 is 23.8 Å². The molecule has 0 atom stereocenters. The van der Waals surface area contributed by atoms with Gasteiger partial charge in [0.2, 0.25) is 11.8 Å². The summed E-state index contributed by atoms with van der Waals surface area (Å²) in [6, 6.07) is 8.97. The summed E-state index contributed by atoms with van der Waals surface area (Å²) in [4.78, 5) is 23.7. The minimum absolute atomic E-state index is 0.0378. The summed E-state index contributed by atoms with van der Waals surface area (Å²) in [7, 11) is 0. The smallest absolute Gasteiger partial charge is 0.224 e. The van der Waals surface area contributed by atoms with Crippen LogP contribution in [0.15, 0.2) is 30.3 Å². The van der Waals surface area contributed by atoms with Crippen LogP contribution >= 0.6 is 11.6 Å². The number of anilines is 2. The van der Waals surface area contributed by atoms with Gasteiger partial charge in [-0.1, -0.05) is 11.6 Å². The number of benzene rings is 2. The highest BCUT2D eigenvalue weighted by atomic mass is 35.5. The Morgan fingerprint density at radius 3 is 2.77 bits per heavy atom. The maximum atomic E-state index is 12.3. The third-order valence-electron chi connectivity index (χ3n) is 4.90. The molecule has 0 saturated carbocycles. The van der Waals surface area contributed by atoms with Crippen LogP contribution in [0.25, 0.3) is 0 Å². The van der Waals surface area contributed by atoms with E-state index in [-0.39, 0.29) is 11.8 Å². The number of aryl methyl sites for hydroxylation is 1. The molecular formula is C22H23ClN2O5. The first-order valence-electron chi connectivity index (χ1n) is 10.0. The van der Waals surface area contributed by atoms with Crippen LogP contribution < -0.4 is 24.8 Å². The summed E-state index contributed by atoms with van der Waals surface area (Å²) >= 11 is 6.27. The maximum Gasteiger partial charge on any atom is 0.224 e. The summed E-state index contributed by atoms with van der Waals surface area (Å²) in [5, 5.41) is 6.07. The van der Waals surface area contributed by atoms with Crippen LogP contribution in [-0.2, 0) is 16.0 Å². The molecule has 2 aliphatic heterocycles. The van der Waals surface area contributed by atoms with Gasteiger partial charge < -0.3 is 24.8 Å². The molecule has 8 heteroatoms. The Morgan fingerprint density at radius 2 is 1.93 bits per heavy atom. The zero-order valence-electron chi connectivity index (χ0n) is 16.5. The molecule has 2 aliphatic rings. The van der Waals surface area contributed by atoms with E-state index in [1.54, 1.807) is 12.1 Å². The van der Waals surface area contributed by atoms with Crippen molar-refractivity contribution in [3.8, 4) is 17.2 Å². The van der Waals surface area contributed by atoms with Crippen molar-refractivity contribution in [3.05, 3.63) is 40.9 Å². The quantitative estimate of drug-likeness (QED) is 0.671. The molecule has 2 heterocycles. The van der Waals surface area contributed by atoms with E-state index in [4.69, 9.17) is 25.8 Å². The van der Waals surface area contributed by atoms with E-state index in [9.17, 15) is 9.59 Å². The molecule has 2 N–H and O–H groups in total. The van der Waals surface area contributed by atoms with Crippen molar-refractivity contribution in [2.75, 3.05) is 30.5 Å². The van der Waals surface area contributed by atoms with Gasteiger partial charge in [-0.3, -0.25) is 9.59 Å². The first-order valence-corrected chi connectivity index (χ1v) is 10.4. The van der Waals surface area contributed by atoms with Crippen LogP contribution in [-0.4, -0.2) is 31.6 Å². The second-order valence-corrected chi connectivity index (χ2v) is 7.60. The number of halogens is 1. The van der Waals surface area contributed by atoms with Gasteiger partial charge in [-0.2, -0.15) is 0 Å². The molecule has 0 radical (unpaired) electrons. The highest BCUT2D eigenvalue weighted by molar-refractivity contribution is 6.34. The van der Waals surface area contributed by atoms with Crippen LogP contribution in [0.5, 0.6) is 17.2 Å². The normalized spacial score (nSPS) is 14.9. The fourth-order valence-electron chi connectivity index (χ4n) is 3.36. The number of rotatable bonds is 6. The minimum Gasteiger partial charge on any atom is -0.494 e. The maximum absolute atomic E-state index is 12.3. The number of ether oxygens (including phenoxy) is 3. The molecule has 2 aromatic carbocycles. The van der Waals surface area contributed by atoms with Gasteiger partial charge in [-0.25, -0.2) is 0 Å². The Balaban J connectivity index is 1.26. The summed E-state index contributed by atoms with van der Waals surface area (Å²) in [6.45, 7) is 1.55. The van der Waals surface area contributed by atoms with E-state index in [2.05, 4.69) is 10.6 Å². The molecule has 0 aliphatic carbocycles. The van der Waals surface area contributed by atoms with Crippen LogP contribution in [0.2, 0.25) is 5.02 Å². The van der Waals surface area contributed by atoms with E-state index in [0.717, 1.165) is 23.4 Å². The molecule has 7 nitrogen and oxygen atoms in total. The number of hydrogen-bond acceptors (Lipinski definition) is 5. The molecule has 30 heavy (non-hydrogen) atoms. The number of fused-ring (bicyclic) bond motifs is 2. The zero-order chi connectivity index (χ0) is 20.9. The fourth-order valence-corrected chi connectivity index (χ4v) is 3.57. The predicted molar refractivity (Wildman–Crippen MR) is 114 cm³/mol. The molecule has 158 valence electrons. The number of hydrogen-bond donors (Lipinski definition) is 2. The lowest BCUT2D eigenvalue weighted by Gasteiger charge is -2.17. The topological polar surface area (TPSA) is 85.9 Å². The lowest BCUT2D eigenvalue weighted by Crippen LogP contribution is -2.18. The van der Waals surface area contributed by atoms with Crippen molar-refractivity contribution in [2.45, 2.75) is 32.1 Å². The Hall–Kier alpha value is -2.93. The van der Waals surface area contributed by atoms with Crippen LogP contribution in [0.4, 0.5) is 11.4 Å². The van der Waals surface area contributed by atoms with Gasteiger partial charge >= 0.3 is 0 Å². The molecule has 0 saturated heterocycles. The van der Waals surface area contributed by atoms with Crippen molar-refractivity contribution >= 4 is 34.8 Å². The Bertz CT molecular complexity index is 963. The van der Waals surface area contributed by atoms with Crippen molar-refractivity contribution in [1.29, 1.82) is 0 Å². The minimum atomic E-state index is -0.150. The molecule has 0 spiro atoms. The third-order valence-corrected chi connectivity index (χ3v) is 5.21. The van der Waals surface area contributed by atoms with E-state index in [1.165, 1.54) is 0 Å². The lowest BCUT2D eigenvalue weighted by atomic mass is 10.0. The van der Waals surface area contributed by atoms with Gasteiger partial charge in [0, 0.05) is 37.1 Å². The number of amides is 2. The van der Waals surface area contributed by atoms with E-state index in [0.29, 0.717) is 67.7 Å². The first kappa shape index (κ1) is 20.3. The lowest BCUT2D eigenvalue weighted by molar-refractivity contribution is -0.117. The molecule has 0 unspecified atom stereocenters. The third kappa shape index (κ3) is 4.97. The highest BCUT2D eigenvalue weighted by Gasteiger charge is 2.16. The van der Waals surface area contributed by atoms with Gasteiger partial charge in [0.05, 0.1) is 30.5 Å². The average Bonchev–Trinajstić information content (AvgIpc) is 2.96. The molecule has 2 amide bonds. The van der Waals surface area contributed by atoms with Gasteiger partial charge in [-0.15, -0.1) is 0 Å². The van der Waals surface area contributed by atoms with E-state index < -0.39 is 0 Å². The molecule has 4 rings (SSSR count). The second kappa shape index (κ2) is 9.26. The number of carbonyl (C=O) groups excluding carboxylic acids is 2. The molecule has 0 bridgehead atoms. The number of nitrogens with one attached hydrogen (secondary N) is 2. The Labute approximate surface area is 179 Å². The summed E-state index contributed by atoms with van der Waals surface area (Å²) < 4.78 is 17.0. The van der Waals surface area contributed by atoms with Crippen molar-refractivity contribution in [2.24, 2.45) is 0 Å². The van der Waals surface area contributed by atoms with Crippen LogP contribution in [0.3, 0.4) is 0 Å². The van der Waals surface area contributed by atoms with Gasteiger partial charge in [-0.05, 0) is 36.6 Å². The molecule has 0 aromatic heterocycles. The predicted octanol–water partition coefficient (Wildman–Crippen LogP) is 4.18. The average molecular weight is 431 g/mol. The summed E-state index contributed by atoms with van der Waals surface area (Å²) in [5.74, 6) is 1.79. The number of carbonyl (C=O) groups is 2. The van der Waals surface area contributed by atoms with Crippen LogP contribution in [0, 0.1) is 0 Å². The highest BCUT2D eigenvalue weighted by Crippen LogP contribution is 2.37. The van der Waals surface area contributed by atoms with Crippen molar-refractivity contribution in [3.63, 3.8) is 0 Å². The summed E-state index contributed by atoms with van der Waals surface area (Å²) in [5.41, 5.74) is 2.41. The van der Waals surface area contributed by atoms with Crippen molar-refractivity contribution in [1.82, 2.24) is 0 Å². The van der Waals surface area contributed by atoms with E-state index in [1.807, 2.05) is 18.2 Å².